The summed E-state index contributed by atoms with van der Waals surface area (Å²) in [5.74, 6) is -1.04. The fraction of sp³-hybridized carbons (Fsp3) is 0.267. The molecule has 0 spiro atoms. The maximum absolute atomic E-state index is 12.7. The molecule has 9 heteroatoms. The molecule has 0 saturated carbocycles. The number of alkyl halides is 3. The van der Waals surface area contributed by atoms with Crippen molar-refractivity contribution in [3.63, 3.8) is 0 Å². The number of hydrogen-bond donors (Lipinski definition) is 0. The predicted octanol–water partition coefficient (Wildman–Crippen LogP) is 2.91. The van der Waals surface area contributed by atoms with E-state index >= 15 is 0 Å². The molecule has 2 aromatic rings. The largest absolute Gasteiger partial charge is 0.480 e. The number of nitrogens with zero attached hydrogens (tertiary/aromatic N) is 1. The van der Waals surface area contributed by atoms with E-state index < -0.39 is 28.0 Å². The first-order chi connectivity index (χ1) is 11.0. The minimum Gasteiger partial charge on any atom is -0.480 e. The summed E-state index contributed by atoms with van der Waals surface area (Å²) >= 11 is 0. The van der Waals surface area contributed by atoms with Crippen LogP contribution in [0.15, 0.2) is 47.6 Å². The fourth-order valence-corrected chi connectivity index (χ4v) is 2.52. The zero-order valence-corrected chi connectivity index (χ0v) is 13.6. The van der Waals surface area contributed by atoms with Crippen molar-refractivity contribution >= 4 is 15.7 Å². The van der Waals surface area contributed by atoms with Gasteiger partial charge in [-0.3, -0.25) is 9.36 Å². The number of carbonyl (C=O) groups excluding carboxylic acids is 1. The monoisotopic (exact) mass is 361 g/mol. The number of halogens is 3. The normalized spacial score (nSPS) is 13.5. The van der Waals surface area contributed by atoms with Gasteiger partial charge in [-0.25, -0.2) is 8.42 Å². The number of rotatable bonds is 4. The van der Waals surface area contributed by atoms with Gasteiger partial charge in [-0.2, -0.15) is 13.2 Å². The molecule has 2 rings (SSSR count). The van der Waals surface area contributed by atoms with E-state index in [0.29, 0.717) is 0 Å². The summed E-state index contributed by atoms with van der Waals surface area (Å²) < 4.78 is 67.4. The Morgan fingerprint density at radius 3 is 2.29 bits per heavy atom. The van der Waals surface area contributed by atoms with Crippen molar-refractivity contribution in [3.05, 3.63) is 48.3 Å². The zero-order chi connectivity index (χ0) is 18.1. The summed E-state index contributed by atoms with van der Waals surface area (Å²) in [6.45, 7) is 0.800. The number of benzene rings is 1. The predicted molar refractivity (Wildman–Crippen MR) is 79.9 cm³/mol. The quantitative estimate of drug-likeness (QED) is 0.840. The molecule has 0 N–H and O–H groups in total. The average Bonchev–Trinajstić information content (AvgIpc) is 2.98. The van der Waals surface area contributed by atoms with Gasteiger partial charge in [0, 0.05) is 18.6 Å². The third kappa shape index (κ3) is 3.97. The second-order valence-electron chi connectivity index (χ2n) is 5.13. The topological polar surface area (TPSA) is 65.4 Å². The first-order valence-electron chi connectivity index (χ1n) is 6.75. The van der Waals surface area contributed by atoms with E-state index in [1.165, 1.54) is 12.4 Å². The summed E-state index contributed by atoms with van der Waals surface area (Å²) in [5.41, 5.74) is -0.273. The second-order valence-corrected chi connectivity index (χ2v) is 7.14. The molecular weight excluding hydrogens is 347 g/mol. The molecule has 0 unspecified atom stereocenters. The fourth-order valence-electron chi connectivity index (χ4n) is 1.88. The van der Waals surface area contributed by atoms with E-state index in [2.05, 4.69) is 0 Å². The Bertz CT molecular complexity index is 842. The minimum absolute atomic E-state index is 0.190. The van der Waals surface area contributed by atoms with Crippen LogP contribution in [0, 0.1) is 0 Å². The summed E-state index contributed by atoms with van der Waals surface area (Å²) in [6, 6.07) is 6.26. The van der Waals surface area contributed by atoms with Crippen molar-refractivity contribution in [2.45, 2.75) is 24.1 Å². The van der Waals surface area contributed by atoms with Gasteiger partial charge >= 0.3 is 6.18 Å². The lowest BCUT2D eigenvalue weighted by Crippen LogP contribution is -2.31. The summed E-state index contributed by atoms with van der Waals surface area (Å²) in [4.78, 5) is 12.3. The molecule has 1 aromatic heterocycles. The average molecular weight is 361 g/mol. The summed E-state index contributed by atoms with van der Waals surface area (Å²) in [7, 11) is -3.64. The smallest absolute Gasteiger partial charge is 0.425 e. The van der Waals surface area contributed by atoms with Gasteiger partial charge in [0.1, 0.15) is 5.75 Å². The minimum atomic E-state index is -4.62. The van der Waals surface area contributed by atoms with Crippen LogP contribution in [0.4, 0.5) is 13.2 Å². The molecule has 0 bridgehead atoms. The van der Waals surface area contributed by atoms with Crippen molar-refractivity contribution in [2.75, 3.05) is 6.26 Å². The number of sulfone groups is 1. The molecule has 24 heavy (non-hydrogen) atoms. The zero-order valence-electron chi connectivity index (χ0n) is 12.7. The van der Waals surface area contributed by atoms with Gasteiger partial charge in [-0.05, 0) is 37.3 Å². The third-order valence-electron chi connectivity index (χ3n) is 3.21. The Balaban J connectivity index is 2.52. The van der Waals surface area contributed by atoms with E-state index in [4.69, 9.17) is 4.74 Å². The van der Waals surface area contributed by atoms with E-state index in [9.17, 15) is 26.4 Å². The lowest BCUT2D eigenvalue weighted by atomic mass is 10.2. The molecule has 1 heterocycles. The molecule has 0 aliphatic heterocycles. The lowest BCUT2D eigenvalue weighted by molar-refractivity contribution is -0.189. The van der Waals surface area contributed by atoms with Crippen LogP contribution in [0.3, 0.4) is 0 Å². The second kappa shape index (κ2) is 6.31. The Labute approximate surface area is 136 Å². The molecule has 0 aliphatic rings. The third-order valence-corrected chi connectivity index (χ3v) is 4.32. The highest BCUT2D eigenvalue weighted by molar-refractivity contribution is 7.90. The Kier molecular flexibility index (Phi) is 4.75. The Morgan fingerprint density at radius 1 is 1.21 bits per heavy atom. The van der Waals surface area contributed by atoms with Gasteiger partial charge in [0.15, 0.2) is 15.9 Å². The van der Waals surface area contributed by atoms with Crippen LogP contribution in [0.5, 0.6) is 5.75 Å². The highest BCUT2D eigenvalue weighted by atomic mass is 32.2. The van der Waals surface area contributed by atoms with Crippen molar-refractivity contribution in [1.82, 2.24) is 4.57 Å². The lowest BCUT2D eigenvalue weighted by Gasteiger charge is -2.20. The number of ether oxygens (including phenoxy) is 1. The summed E-state index contributed by atoms with van der Waals surface area (Å²) in [5, 5.41) is 0. The van der Waals surface area contributed by atoms with Gasteiger partial charge in [0.2, 0.25) is 0 Å². The molecule has 0 aliphatic carbocycles. The van der Waals surface area contributed by atoms with Crippen LogP contribution >= 0.6 is 0 Å². The van der Waals surface area contributed by atoms with Crippen LogP contribution in [0.2, 0.25) is 0 Å². The van der Waals surface area contributed by atoms with Crippen LogP contribution < -0.4 is 4.74 Å². The first-order valence-corrected chi connectivity index (χ1v) is 8.64. The van der Waals surface area contributed by atoms with E-state index in [1.807, 2.05) is 0 Å². The molecule has 130 valence electrons. The summed E-state index contributed by atoms with van der Waals surface area (Å²) in [6.07, 6.45) is -3.05. The Hall–Kier alpha value is -2.29. The molecule has 5 nitrogen and oxygen atoms in total. The highest BCUT2D eigenvalue weighted by Gasteiger charge is 2.38. The van der Waals surface area contributed by atoms with Gasteiger partial charge in [-0.15, -0.1) is 0 Å². The number of hydrogen-bond acceptors (Lipinski definition) is 4. The molecule has 0 amide bonds. The van der Waals surface area contributed by atoms with Crippen LogP contribution in [0.1, 0.15) is 17.3 Å². The maximum Gasteiger partial charge on any atom is 0.425 e. The van der Waals surface area contributed by atoms with Crippen LogP contribution in [-0.2, 0) is 9.84 Å². The van der Waals surface area contributed by atoms with E-state index in [-0.39, 0.29) is 16.2 Å². The molecule has 0 saturated heterocycles. The first kappa shape index (κ1) is 18.1. The van der Waals surface area contributed by atoms with Crippen molar-refractivity contribution in [1.29, 1.82) is 0 Å². The van der Waals surface area contributed by atoms with E-state index in [0.717, 1.165) is 35.9 Å². The molecular formula is C15H14F3NO4S. The van der Waals surface area contributed by atoms with Crippen molar-refractivity contribution in [2.24, 2.45) is 0 Å². The molecule has 1 atom stereocenters. The van der Waals surface area contributed by atoms with Crippen molar-refractivity contribution < 1.29 is 31.1 Å². The maximum atomic E-state index is 12.7. The molecule has 0 fully saturated rings. The molecule has 1 aromatic carbocycles. The van der Waals surface area contributed by atoms with Crippen molar-refractivity contribution in [3.8, 4) is 5.75 Å². The number of aromatic nitrogens is 1. The van der Waals surface area contributed by atoms with Gasteiger partial charge in [-0.1, -0.05) is 0 Å². The Morgan fingerprint density at radius 2 is 1.79 bits per heavy atom. The SMILES string of the molecule is C[C@H](Oc1ccc(S(C)(=O)=O)cc1C(=O)n1cccc1)C(F)(F)F. The highest BCUT2D eigenvalue weighted by Crippen LogP contribution is 2.29. The van der Waals surface area contributed by atoms with Gasteiger partial charge in [0.25, 0.3) is 5.91 Å². The standard InChI is InChI=1S/C15H14F3NO4S/c1-10(15(16,17)18)23-13-6-5-11(24(2,21)22)9-12(13)14(20)19-7-3-4-8-19/h3-10H,1-2H3/t10-/m0/s1. The molecule has 0 radical (unpaired) electrons. The van der Waals surface area contributed by atoms with E-state index in [1.54, 1.807) is 12.1 Å². The van der Waals surface area contributed by atoms with Crippen LogP contribution in [0.25, 0.3) is 0 Å². The van der Waals surface area contributed by atoms with Gasteiger partial charge in [0.05, 0.1) is 10.5 Å². The number of carbonyl (C=O) groups is 1. The van der Waals surface area contributed by atoms with Crippen LogP contribution in [-0.4, -0.2) is 37.4 Å². The van der Waals surface area contributed by atoms with Gasteiger partial charge < -0.3 is 4.74 Å².